The maximum Gasteiger partial charge on any atom is 0.238 e. The molecule has 6 nitrogen and oxygen atoms in total. The predicted molar refractivity (Wildman–Crippen MR) is 109 cm³/mol. The van der Waals surface area contributed by atoms with E-state index in [0.29, 0.717) is 24.7 Å². The summed E-state index contributed by atoms with van der Waals surface area (Å²) in [6, 6.07) is 15.8. The van der Waals surface area contributed by atoms with E-state index >= 15 is 0 Å². The number of carbonyl (C=O) groups excluding carboxylic acids is 1. The largest absolute Gasteiger partial charge is 0.439 e. The number of nitrogens with zero attached hydrogens (tertiary/aromatic N) is 3. The van der Waals surface area contributed by atoms with Gasteiger partial charge in [0.1, 0.15) is 5.82 Å². The lowest BCUT2D eigenvalue weighted by Gasteiger charge is -2.33. The maximum absolute atomic E-state index is 13.2. The van der Waals surface area contributed by atoms with E-state index in [1.54, 1.807) is 18.3 Å². The second-order valence-electron chi connectivity index (χ2n) is 7.10. The van der Waals surface area contributed by atoms with E-state index in [1.165, 1.54) is 12.1 Å². The standard InChI is InChI=1S/C22H23FN4O2/c23-18-7-4-8-19(13-18)25-21(28)15-26-9-11-27(12-10-26)16-22-24-14-20(29-22)17-5-2-1-3-6-17/h1-8,13-14H,9-12,15-16H2,(H,25,28). The van der Waals surface area contributed by atoms with Gasteiger partial charge in [0.15, 0.2) is 5.76 Å². The minimum Gasteiger partial charge on any atom is -0.439 e. The number of hydrogen-bond acceptors (Lipinski definition) is 5. The average molecular weight is 394 g/mol. The number of aromatic nitrogens is 1. The van der Waals surface area contributed by atoms with E-state index in [2.05, 4.69) is 20.1 Å². The van der Waals surface area contributed by atoms with E-state index in [0.717, 1.165) is 37.5 Å². The molecule has 1 aliphatic rings. The number of halogens is 1. The molecule has 0 spiro atoms. The van der Waals surface area contributed by atoms with Crippen LogP contribution in [-0.2, 0) is 11.3 Å². The number of rotatable bonds is 6. The molecule has 0 saturated carbocycles. The van der Waals surface area contributed by atoms with Gasteiger partial charge in [-0.05, 0) is 18.2 Å². The summed E-state index contributed by atoms with van der Waals surface area (Å²) in [5.41, 5.74) is 1.49. The Balaban J connectivity index is 1.23. The van der Waals surface area contributed by atoms with Gasteiger partial charge in [-0.2, -0.15) is 0 Å². The molecule has 0 radical (unpaired) electrons. The van der Waals surface area contributed by atoms with Gasteiger partial charge in [0.25, 0.3) is 0 Å². The summed E-state index contributed by atoms with van der Waals surface area (Å²) in [7, 11) is 0. The van der Waals surface area contributed by atoms with Gasteiger partial charge in [0.2, 0.25) is 11.8 Å². The number of nitrogens with one attached hydrogen (secondary N) is 1. The lowest BCUT2D eigenvalue weighted by molar-refractivity contribution is -0.117. The van der Waals surface area contributed by atoms with Gasteiger partial charge in [0.05, 0.1) is 19.3 Å². The van der Waals surface area contributed by atoms with Crippen LogP contribution in [0.1, 0.15) is 5.89 Å². The van der Waals surface area contributed by atoms with Crippen molar-refractivity contribution in [2.24, 2.45) is 0 Å². The minimum atomic E-state index is -0.363. The SMILES string of the molecule is O=C(CN1CCN(Cc2ncc(-c3ccccc3)o2)CC1)Nc1cccc(F)c1. The first-order valence-electron chi connectivity index (χ1n) is 9.66. The van der Waals surface area contributed by atoms with Crippen molar-refractivity contribution in [2.75, 3.05) is 38.0 Å². The smallest absolute Gasteiger partial charge is 0.238 e. The summed E-state index contributed by atoms with van der Waals surface area (Å²) in [6.07, 6.45) is 1.76. The highest BCUT2D eigenvalue weighted by Gasteiger charge is 2.20. The Kier molecular flexibility index (Phi) is 5.97. The Morgan fingerprint density at radius 3 is 2.55 bits per heavy atom. The molecule has 1 amide bonds. The quantitative estimate of drug-likeness (QED) is 0.696. The monoisotopic (exact) mass is 394 g/mol. The molecular weight excluding hydrogens is 371 g/mol. The Bertz CT molecular complexity index is 952. The van der Waals surface area contributed by atoms with Crippen LogP contribution in [-0.4, -0.2) is 53.4 Å². The molecule has 3 aromatic rings. The number of hydrogen-bond donors (Lipinski definition) is 1. The summed E-state index contributed by atoms with van der Waals surface area (Å²) in [5.74, 6) is 0.969. The molecule has 0 unspecified atom stereocenters. The van der Waals surface area contributed by atoms with Crippen LogP contribution in [0.15, 0.2) is 65.2 Å². The van der Waals surface area contributed by atoms with Gasteiger partial charge in [-0.15, -0.1) is 0 Å². The van der Waals surface area contributed by atoms with Gasteiger partial charge in [-0.25, -0.2) is 9.37 Å². The highest BCUT2D eigenvalue weighted by Crippen LogP contribution is 2.20. The van der Waals surface area contributed by atoms with Gasteiger partial charge < -0.3 is 9.73 Å². The van der Waals surface area contributed by atoms with Crippen molar-refractivity contribution < 1.29 is 13.6 Å². The fraction of sp³-hybridized carbons (Fsp3) is 0.273. The fourth-order valence-electron chi connectivity index (χ4n) is 3.39. The van der Waals surface area contributed by atoms with Crippen LogP contribution in [0.3, 0.4) is 0 Å². The Hall–Kier alpha value is -3.03. The Labute approximate surface area is 169 Å². The van der Waals surface area contributed by atoms with Crippen molar-refractivity contribution in [2.45, 2.75) is 6.54 Å². The summed E-state index contributed by atoms with van der Waals surface area (Å²) >= 11 is 0. The molecule has 1 fully saturated rings. The normalized spacial score (nSPS) is 15.3. The van der Waals surface area contributed by atoms with E-state index < -0.39 is 0 Å². The number of carbonyl (C=O) groups is 1. The van der Waals surface area contributed by atoms with Crippen LogP contribution in [0.25, 0.3) is 11.3 Å². The third-order valence-electron chi connectivity index (χ3n) is 4.91. The van der Waals surface area contributed by atoms with Crippen LogP contribution in [0.5, 0.6) is 0 Å². The third kappa shape index (κ3) is 5.28. The summed E-state index contributed by atoms with van der Waals surface area (Å²) in [5, 5.41) is 2.74. The number of amides is 1. The number of oxazole rings is 1. The van der Waals surface area contributed by atoms with Gasteiger partial charge in [0, 0.05) is 37.4 Å². The molecule has 4 rings (SSSR count). The molecule has 2 aromatic carbocycles. The van der Waals surface area contributed by atoms with Crippen LogP contribution < -0.4 is 5.32 Å². The van der Waals surface area contributed by atoms with Crippen molar-refractivity contribution >= 4 is 11.6 Å². The first-order valence-corrected chi connectivity index (χ1v) is 9.66. The highest BCUT2D eigenvalue weighted by atomic mass is 19.1. The van der Waals surface area contributed by atoms with Crippen LogP contribution in [0.2, 0.25) is 0 Å². The zero-order valence-electron chi connectivity index (χ0n) is 16.1. The predicted octanol–water partition coefficient (Wildman–Crippen LogP) is 3.24. The van der Waals surface area contributed by atoms with Gasteiger partial charge in [-0.1, -0.05) is 36.4 Å². The van der Waals surface area contributed by atoms with Crippen LogP contribution in [0.4, 0.5) is 10.1 Å². The van der Waals surface area contributed by atoms with E-state index in [4.69, 9.17) is 4.42 Å². The highest BCUT2D eigenvalue weighted by molar-refractivity contribution is 5.92. The first-order chi connectivity index (χ1) is 14.2. The maximum atomic E-state index is 13.2. The Morgan fingerprint density at radius 2 is 1.79 bits per heavy atom. The lowest BCUT2D eigenvalue weighted by atomic mass is 10.2. The summed E-state index contributed by atoms with van der Waals surface area (Å²) in [4.78, 5) is 20.9. The molecule has 1 N–H and O–H groups in total. The Morgan fingerprint density at radius 1 is 1.03 bits per heavy atom. The molecule has 0 bridgehead atoms. The molecule has 2 heterocycles. The molecule has 0 atom stereocenters. The van der Waals surface area contributed by atoms with E-state index in [1.807, 2.05) is 30.3 Å². The molecular formula is C22H23FN4O2. The molecule has 0 aliphatic carbocycles. The summed E-state index contributed by atoms with van der Waals surface area (Å²) in [6.45, 7) is 4.16. The van der Waals surface area contributed by atoms with E-state index in [9.17, 15) is 9.18 Å². The van der Waals surface area contributed by atoms with Crippen molar-refractivity contribution in [3.8, 4) is 11.3 Å². The van der Waals surface area contributed by atoms with Gasteiger partial charge >= 0.3 is 0 Å². The van der Waals surface area contributed by atoms with Crippen molar-refractivity contribution in [1.82, 2.24) is 14.8 Å². The van der Waals surface area contributed by atoms with Crippen molar-refractivity contribution in [3.63, 3.8) is 0 Å². The van der Waals surface area contributed by atoms with Gasteiger partial charge in [-0.3, -0.25) is 14.6 Å². The second kappa shape index (κ2) is 8.98. The first kappa shape index (κ1) is 19.3. The molecule has 150 valence electrons. The molecule has 1 saturated heterocycles. The lowest BCUT2D eigenvalue weighted by Crippen LogP contribution is -2.48. The number of anilines is 1. The zero-order chi connectivity index (χ0) is 20.1. The van der Waals surface area contributed by atoms with Crippen LogP contribution in [0, 0.1) is 5.82 Å². The molecule has 29 heavy (non-hydrogen) atoms. The van der Waals surface area contributed by atoms with Crippen LogP contribution >= 0.6 is 0 Å². The second-order valence-corrected chi connectivity index (χ2v) is 7.10. The van der Waals surface area contributed by atoms with E-state index in [-0.39, 0.29) is 11.7 Å². The third-order valence-corrected chi connectivity index (χ3v) is 4.91. The average Bonchev–Trinajstić information content (AvgIpc) is 3.19. The summed E-state index contributed by atoms with van der Waals surface area (Å²) < 4.78 is 19.1. The molecule has 1 aromatic heterocycles. The van der Waals surface area contributed by atoms with Crippen molar-refractivity contribution in [1.29, 1.82) is 0 Å². The zero-order valence-corrected chi connectivity index (χ0v) is 16.1. The minimum absolute atomic E-state index is 0.135. The topological polar surface area (TPSA) is 61.6 Å². The van der Waals surface area contributed by atoms with Crippen molar-refractivity contribution in [3.05, 3.63) is 72.5 Å². The molecule has 7 heteroatoms. The number of benzene rings is 2. The number of piperazine rings is 1. The fourth-order valence-corrected chi connectivity index (χ4v) is 3.39. The molecule has 1 aliphatic heterocycles.